The lowest BCUT2D eigenvalue weighted by Gasteiger charge is -2.20. The highest BCUT2D eigenvalue weighted by Crippen LogP contribution is 2.36. The summed E-state index contributed by atoms with van der Waals surface area (Å²) >= 11 is 0. The maximum Gasteiger partial charge on any atom is 0.230 e. The summed E-state index contributed by atoms with van der Waals surface area (Å²) in [7, 11) is 0. The number of allylic oxidation sites excluding steroid dienone is 1. The van der Waals surface area contributed by atoms with Crippen molar-refractivity contribution in [3.63, 3.8) is 0 Å². The van der Waals surface area contributed by atoms with Gasteiger partial charge in [0.15, 0.2) is 0 Å². The standard InChI is InChI=1S/C14H14O2/c1-2-5-12(6-3-1)11-13-7-9-14(16-13)8-4-10-15-14/h1-3,5-7,9,11H,4,8,10H2/b13-11+. The zero-order valence-corrected chi connectivity index (χ0v) is 9.06. The zero-order valence-electron chi connectivity index (χ0n) is 9.06. The number of rotatable bonds is 1. The lowest BCUT2D eigenvalue weighted by molar-refractivity contribution is -0.135. The van der Waals surface area contributed by atoms with Crippen LogP contribution in [0.3, 0.4) is 0 Å². The van der Waals surface area contributed by atoms with Gasteiger partial charge < -0.3 is 9.47 Å². The van der Waals surface area contributed by atoms with Crippen LogP contribution in [0, 0.1) is 0 Å². The molecule has 1 aromatic rings. The molecule has 2 heteroatoms. The summed E-state index contributed by atoms with van der Waals surface area (Å²) in [4.78, 5) is 0. The van der Waals surface area contributed by atoms with E-state index >= 15 is 0 Å². The molecule has 1 spiro atoms. The van der Waals surface area contributed by atoms with Crippen molar-refractivity contribution in [2.75, 3.05) is 6.61 Å². The molecule has 2 aliphatic heterocycles. The molecule has 82 valence electrons. The maximum absolute atomic E-state index is 5.84. The van der Waals surface area contributed by atoms with E-state index < -0.39 is 5.79 Å². The van der Waals surface area contributed by atoms with Gasteiger partial charge in [0.05, 0.1) is 6.61 Å². The Labute approximate surface area is 95.2 Å². The summed E-state index contributed by atoms with van der Waals surface area (Å²) in [5, 5.41) is 0. The second-order valence-corrected chi connectivity index (χ2v) is 4.16. The lowest BCUT2D eigenvalue weighted by atomic mass is 10.2. The molecule has 1 saturated heterocycles. The van der Waals surface area contributed by atoms with Crippen LogP contribution in [0.4, 0.5) is 0 Å². The van der Waals surface area contributed by atoms with Crippen LogP contribution in [0.1, 0.15) is 18.4 Å². The summed E-state index contributed by atoms with van der Waals surface area (Å²) in [6, 6.07) is 10.2. The Hall–Kier alpha value is -1.54. The van der Waals surface area contributed by atoms with Gasteiger partial charge in [0.2, 0.25) is 5.79 Å². The third-order valence-electron chi connectivity index (χ3n) is 2.92. The predicted octanol–water partition coefficient (Wildman–Crippen LogP) is 3.12. The van der Waals surface area contributed by atoms with E-state index in [2.05, 4.69) is 12.1 Å². The zero-order chi connectivity index (χ0) is 10.8. The fourth-order valence-corrected chi connectivity index (χ4v) is 2.12. The molecule has 3 rings (SSSR count). The first-order chi connectivity index (χ1) is 7.86. The molecular formula is C14H14O2. The summed E-state index contributed by atoms with van der Waals surface area (Å²) in [5.41, 5.74) is 1.15. The largest absolute Gasteiger partial charge is 0.459 e. The van der Waals surface area contributed by atoms with Gasteiger partial charge in [-0.25, -0.2) is 0 Å². The summed E-state index contributed by atoms with van der Waals surface area (Å²) in [6.07, 6.45) is 8.08. The van der Waals surface area contributed by atoms with Crippen molar-refractivity contribution >= 4 is 6.08 Å². The minimum absolute atomic E-state index is 0.458. The van der Waals surface area contributed by atoms with Gasteiger partial charge >= 0.3 is 0 Å². The lowest BCUT2D eigenvalue weighted by Crippen LogP contribution is -2.24. The quantitative estimate of drug-likeness (QED) is 0.715. The molecule has 1 fully saturated rings. The number of benzene rings is 1. The molecule has 0 radical (unpaired) electrons. The highest BCUT2D eigenvalue weighted by molar-refractivity contribution is 5.54. The number of hydrogen-bond donors (Lipinski definition) is 0. The molecule has 0 amide bonds. The molecule has 0 aliphatic carbocycles. The second kappa shape index (κ2) is 3.80. The monoisotopic (exact) mass is 214 g/mol. The van der Waals surface area contributed by atoms with Crippen molar-refractivity contribution in [2.45, 2.75) is 18.6 Å². The van der Waals surface area contributed by atoms with Gasteiger partial charge in [-0.2, -0.15) is 0 Å². The highest BCUT2D eigenvalue weighted by atomic mass is 16.7. The Morgan fingerprint density at radius 2 is 2.06 bits per heavy atom. The molecule has 2 nitrogen and oxygen atoms in total. The first-order valence-corrected chi connectivity index (χ1v) is 5.65. The minimum Gasteiger partial charge on any atom is -0.459 e. The summed E-state index contributed by atoms with van der Waals surface area (Å²) < 4.78 is 11.5. The second-order valence-electron chi connectivity index (χ2n) is 4.16. The normalized spacial score (nSPS) is 30.1. The molecule has 0 aromatic heterocycles. The van der Waals surface area contributed by atoms with Crippen molar-refractivity contribution in [1.29, 1.82) is 0 Å². The van der Waals surface area contributed by atoms with Gasteiger partial charge in [-0.15, -0.1) is 0 Å². The van der Waals surface area contributed by atoms with Crippen molar-refractivity contribution in [3.8, 4) is 0 Å². The average molecular weight is 214 g/mol. The van der Waals surface area contributed by atoms with Crippen LogP contribution in [-0.2, 0) is 9.47 Å². The van der Waals surface area contributed by atoms with Crippen LogP contribution in [0.5, 0.6) is 0 Å². The van der Waals surface area contributed by atoms with Crippen LogP contribution >= 0.6 is 0 Å². The molecule has 1 aromatic carbocycles. The van der Waals surface area contributed by atoms with Crippen LogP contribution in [0.25, 0.3) is 6.08 Å². The van der Waals surface area contributed by atoms with E-state index in [-0.39, 0.29) is 0 Å². The van der Waals surface area contributed by atoms with E-state index in [1.165, 1.54) is 0 Å². The van der Waals surface area contributed by atoms with Crippen molar-refractivity contribution < 1.29 is 9.47 Å². The van der Waals surface area contributed by atoms with Crippen molar-refractivity contribution in [3.05, 3.63) is 53.8 Å². The van der Waals surface area contributed by atoms with Crippen LogP contribution in [0.15, 0.2) is 48.2 Å². The first kappa shape index (κ1) is 9.67. The van der Waals surface area contributed by atoms with E-state index in [0.717, 1.165) is 30.8 Å². The maximum atomic E-state index is 5.84. The van der Waals surface area contributed by atoms with Crippen molar-refractivity contribution in [2.24, 2.45) is 0 Å². The molecule has 1 atom stereocenters. The molecule has 2 aliphatic rings. The van der Waals surface area contributed by atoms with Crippen LogP contribution in [0.2, 0.25) is 0 Å². The van der Waals surface area contributed by atoms with E-state index in [1.54, 1.807) is 0 Å². The Bertz CT molecular complexity index is 425. The minimum atomic E-state index is -0.458. The third-order valence-corrected chi connectivity index (χ3v) is 2.92. The molecular weight excluding hydrogens is 200 g/mol. The van der Waals surface area contributed by atoms with Crippen molar-refractivity contribution in [1.82, 2.24) is 0 Å². The molecule has 0 N–H and O–H groups in total. The first-order valence-electron chi connectivity index (χ1n) is 5.65. The molecule has 0 saturated carbocycles. The Balaban J connectivity index is 1.80. The summed E-state index contributed by atoms with van der Waals surface area (Å²) in [6.45, 7) is 0.795. The van der Waals surface area contributed by atoms with E-state index in [0.29, 0.717) is 0 Å². The Kier molecular flexibility index (Phi) is 2.29. The van der Waals surface area contributed by atoms with Gasteiger partial charge in [0.25, 0.3) is 0 Å². The van der Waals surface area contributed by atoms with Gasteiger partial charge in [-0.05, 0) is 30.2 Å². The summed E-state index contributed by atoms with van der Waals surface area (Å²) in [5.74, 6) is 0.425. The van der Waals surface area contributed by atoms with Gasteiger partial charge in [0, 0.05) is 6.42 Å². The Morgan fingerprint density at radius 1 is 1.19 bits per heavy atom. The smallest absolute Gasteiger partial charge is 0.230 e. The van der Waals surface area contributed by atoms with E-state index in [1.807, 2.05) is 36.4 Å². The van der Waals surface area contributed by atoms with Gasteiger partial charge in [-0.3, -0.25) is 0 Å². The van der Waals surface area contributed by atoms with Gasteiger partial charge in [0.1, 0.15) is 5.76 Å². The molecule has 1 unspecified atom stereocenters. The van der Waals surface area contributed by atoms with E-state index in [4.69, 9.17) is 9.47 Å². The molecule has 16 heavy (non-hydrogen) atoms. The Morgan fingerprint density at radius 3 is 2.81 bits per heavy atom. The SMILES string of the molecule is C1=CC2(CCCO2)O/C1=C/c1ccccc1. The van der Waals surface area contributed by atoms with E-state index in [9.17, 15) is 0 Å². The fraction of sp³-hybridized carbons (Fsp3) is 0.286. The fourth-order valence-electron chi connectivity index (χ4n) is 2.12. The van der Waals surface area contributed by atoms with Crippen LogP contribution in [-0.4, -0.2) is 12.4 Å². The third kappa shape index (κ3) is 1.76. The average Bonchev–Trinajstić information content (AvgIpc) is 2.92. The predicted molar refractivity (Wildman–Crippen MR) is 62.6 cm³/mol. The van der Waals surface area contributed by atoms with Gasteiger partial charge in [-0.1, -0.05) is 30.3 Å². The van der Waals surface area contributed by atoms with Crippen LogP contribution < -0.4 is 0 Å². The topological polar surface area (TPSA) is 18.5 Å². The number of ether oxygens (including phenoxy) is 2. The number of hydrogen-bond acceptors (Lipinski definition) is 2. The highest BCUT2D eigenvalue weighted by Gasteiger charge is 2.38. The molecule has 2 heterocycles. The molecule has 0 bridgehead atoms.